The molecule has 1 fully saturated rings. The van der Waals surface area contributed by atoms with Crippen molar-refractivity contribution in [2.24, 2.45) is 5.92 Å². The summed E-state index contributed by atoms with van der Waals surface area (Å²) >= 11 is 0. The maximum Gasteiger partial charge on any atom is 0.338 e. The third-order valence-corrected chi connectivity index (χ3v) is 3.42. The van der Waals surface area contributed by atoms with Gasteiger partial charge in [0, 0.05) is 0 Å². The number of carbonyl (C=O) groups is 1. The molecule has 0 aliphatic heterocycles. The summed E-state index contributed by atoms with van der Waals surface area (Å²) in [5.41, 5.74) is 1.07. The molecular weight excluding hydrogens is 226 g/mol. The number of ether oxygens (including phenoxy) is 1. The molecular formula is C15H17NO2. The number of hydrogen-bond acceptors (Lipinski definition) is 3. The van der Waals surface area contributed by atoms with E-state index in [-0.39, 0.29) is 5.97 Å². The van der Waals surface area contributed by atoms with E-state index in [2.05, 4.69) is 0 Å². The first-order chi connectivity index (χ1) is 8.79. The SMILES string of the molecule is N#Cc1ccc(C(=O)OCC2CCCCC2)cc1. The molecule has 2 rings (SSSR count). The summed E-state index contributed by atoms with van der Waals surface area (Å²) in [4.78, 5) is 11.8. The molecule has 0 N–H and O–H groups in total. The largest absolute Gasteiger partial charge is 0.462 e. The molecule has 0 saturated heterocycles. The number of rotatable bonds is 3. The van der Waals surface area contributed by atoms with Crippen LogP contribution in [-0.4, -0.2) is 12.6 Å². The molecule has 3 nitrogen and oxygen atoms in total. The average Bonchev–Trinajstić information content (AvgIpc) is 2.46. The summed E-state index contributed by atoms with van der Waals surface area (Å²) in [5, 5.41) is 8.67. The monoisotopic (exact) mass is 243 g/mol. The normalized spacial score (nSPS) is 15.9. The second-order valence-electron chi connectivity index (χ2n) is 4.79. The van der Waals surface area contributed by atoms with Crippen molar-refractivity contribution in [1.29, 1.82) is 5.26 Å². The van der Waals surface area contributed by atoms with Gasteiger partial charge in [-0.2, -0.15) is 5.26 Å². The van der Waals surface area contributed by atoms with Crippen molar-refractivity contribution in [3.63, 3.8) is 0 Å². The minimum Gasteiger partial charge on any atom is -0.462 e. The van der Waals surface area contributed by atoms with Crippen LogP contribution >= 0.6 is 0 Å². The number of nitriles is 1. The minimum absolute atomic E-state index is 0.287. The molecule has 0 heterocycles. The Kier molecular flexibility index (Phi) is 4.35. The molecule has 3 heteroatoms. The summed E-state index contributed by atoms with van der Waals surface area (Å²) in [7, 11) is 0. The highest BCUT2D eigenvalue weighted by Gasteiger charge is 2.16. The van der Waals surface area contributed by atoms with E-state index in [9.17, 15) is 4.79 Å². The van der Waals surface area contributed by atoms with Crippen LogP contribution in [0.1, 0.15) is 48.0 Å². The van der Waals surface area contributed by atoms with Gasteiger partial charge < -0.3 is 4.74 Å². The van der Waals surface area contributed by atoms with Gasteiger partial charge in [-0.1, -0.05) is 19.3 Å². The number of hydrogen-bond donors (Lipinski definition) is 0. The Balaban J connectivity index is 1.85. The molecule has 1 aliphatic carbocycles. The quantitative estimate of drug-likeness (QED) is 0.765. The van der Waals surface area contributed by atoms with Crippen LogP contribution in [0.25, 0.3) is 0 Å². The molecule has 1 aliphatic rings. The fourth-order valence-electron chi connectivity index (χ4n) is 2.31. The average molecular weight is 243 g/mol. The predicted molar refractivity (Wildman–Crippen MR) is 68.0 cm³/mol. The molecule has 0 radical (unpaired) electrons. The summed E-state index contributed by atoms with van der Waals surface area (Å²) < 4.78 is 5.32. The Labute approximate surface area is 107 Å². The van der Waals surface area contributed by atoms with Gasteiger partial charge in [0.2, 0.25) is 0 Å². The van der Waals surface area contributed by atoms with Crippen molar-refractivity contribution in [3.05, 3.63) is 35.4 Å². The highest BCUT2D eigenvalue weighted by Crippen LogP contribution is 2.23. The molecule has 94 valence electrons. The topological polar surface area (TPSA) is 50.1 Å². The van der Waals surface area contributed by atoms with Gasteiger partial charge in [0.1, 0.15) is 0 Å². The van der Waals surface area contributed by atoms with E-state index >= 15 is 0 Å². The maximum atomic E-state index is 11.8. The van der Waals surface area contributed by atoms with E-state index in [4.69, 9.17) is 10.00 Å². The molecule has 0 atom stereocenters. The van der Waals surface area contributed by atoms with Crippen molar-refractivity contribution in [3.8, 4) is 6.07 Å². The second kappa shape index (κ2) is 6.20. The molecule has 0 amide bonds. The van der Waals surface area contributed by atoms with E-state index in [0.717, 1.165) is 0 Å². The Bertz CT molecular complexity index is 439. The van der Waals surface area contributed by atoms with Gasteiger partial charge in [0.15, 0.2) is 0 Å². The molecule has 1 saturated carbocycles. The molecule has 0 bridgehead atoms. The smallest absolute Gasteiger partial charge is 0.338 e. The lowest BCUT2D eigenvalue weighted by Gasteiger charge is -2.20. The highest BCUT2D eigenvalue weighted by atomic mass is 16.5. The van der Waals surface area contributed by atoms with Crippen LogP contribution in [0.4, 0.5) is 0 Å². The maximum absolute atomic E-state index is 11.8. The Morgan fingerprint density at radius 1 is 1.22 bits per heavy atom. The van der Waals surface area contributed by atoms with Crippen molar-refractivity contribution >= 4 is 5.97 Å². The van der Waals surface area contributed by atoms with Gasteiger partial charge >= 0.3 is 5.97 Å². The lowest BCUT2D eigenvalue weighted by atomic mass is 9.90. The third-order valence-electron chi connectivity index (χ3n) is 3.42. The van der Waals surface area contributed by atoms with Crippen LogP contribution in [0, 0.1) is 17.2 Å². The van der Waals surface area contributed by atoms with Crippen LogP contribution in [0.15, 0.2) is 24.3 Å². The Morgan fingerprint density at radius 3 is 2.50 bits per heavy atom. The van der Waals surface area contributed by atoms with Gasteiger partial charge in [-0.25, -0.2) is 4.79 Å². The van der Waals surface area contributed by atoms with Crippen molar-refractivity contribution in [2.75, 3.05) is 6.61 Å². The van der Waals surface area contributed by atoms with Crippen molar-refractivity contribution < 1.29 is 9.53 Å². The number of nitrogens with zero attached hydrogens (tertiary/aromatic N) is 1. The van der Waals surface area contributed by atoms with E-state index in [0.29, 0.717) is 23.7 Å². The van der Waals surface area contributed by atoms with E-state index in [1.54, 1.807) is 24.3 Å². The lowest BCUT2D eigenvalue weighted by Crippen LogP contribution is -2.16. The van der Waals surface area contributed by atoms with Crippen LogP contribution in [0.2, 0.25) is 0 Å². The third kappa shape index (κ3) is 3.33. The number of benzene rings is 1. The molecule has 1 aromatic carbocycles. The zero-order valence-corrected chi connectivity index (χ0v) is 10.4. The first-order valence-electron chi connectivity index (χ1n) is 6.47. The first kappa shape index (κ1) is 12.6. The summed E-state index contributed by atoms with van der Waals surface area (Å²) in [6.45, 7) is 0.527. The standard InChI is InChI=1S/C15H17NO2/c16-10-12-6-8-14(9-7-12)15(17)18-11-13-4-2-1-3-5-13/h6-9,13H,1-5,11H2. The Morgan fingerprint density at radius 2 is 1.89 bits per heavy atom. The van der Waals surface area contributed by atoms with E-state index in [1.807, 2.05) is 6.07 Å². The molecule has 18 heavy (non-hydrogen) atoms. The lowest BCUT2D eigenvalue weighted by molar-refractivity contribution is 0.0410. The summed E-state index contributed by atoms with van der Waals surface area (Å²) in [6, 6.07) is 8.58. The molecule has 1 aromatic rings. The fraction of sp³-hybridized carbons (Fsp3) is 0.467. The van der Waals surface area contributed by atoms with E-state index in [1.165, 1.54) is 32.1 Å². The fourth-order valence-corrected chi connectivity index (χ4v) is 2.31. The number of carbonyl (C=O) groups excluding carboxylic acids is 1. The van der Waals surface area contributed by atoms with Crippen LogP contribution in [-0.2, 0) is 4.74 Å². The van der Waals surface area contributed by atoms with Gasteiger partial charge in [0.05, 0.1) is 23.8 Å². The van der Waals surface area contributed by atoms with Crippen molar-refractivity contribution in [2.45, 2.75) is 32.1 Å². The van der Waals surface area contributed by atoms with Gasteiger partial charge in [-0.05, 0) is 43.0 Å². The van der Waals surface area contributed by atoms with Crippen LogP contribution in [0.3, 0.4) is 0 Å². The van der Waals surface area contributed by atoms with Crippen LogP contribution < -0.4 is 0 Å². The molecule has 0 aromatic heterocycles. The minimum atomic E-state index is -0.287. The Hall–Kier alpha value is -1.82. The van der Waals surface area contributed by atoms with Gasteiger partial charge in [0.25, 0.3) is 0 Å². The molecule has 0 unspecified atom stereocenters. The summed E-state index contributed by atoms with van der Waals surface area (Å²) in [5.74, 6) is 0.242. The van der Waals surface area contributed by atoms with Gasteiger partial charge in [-0.15, -0.1) is 0 Å². The van der Waals surface area contributed by atoms with Crippen LogP contribution in [0.5, 0.6) is 0 Å². The van der Waals surface area contributed by atoms with Crippen molar-refractivity contribution in [1.82, 2.24) is 0 Å². The first-order valence-corrected chi connectivity index (χ1v) is 6.47. The highest BCUT2D eigenvalue weighted by molar-refractivity contribution is 5.89. The van der Waals surface area contributed by atoms with Gasteiger partial charge in [-0.3, -0.25) is 0 Å². The number of esters is 1. The zero-order chi connectivity index (χ0) is 12.8. The zero-order valence-electron chi connectivity index (χ0n) is 10.4. The summed E-state index contributed by atoms with van der Waals surface area (Å²) in [6.07, 6.45) is 6.14. The predicted octanol–water partition coefficient (Wildman–Crippen LogP) is 3.30. The second-order valence-corrected chi connectivity index (χ2v) is 4.79. The molecule has 0 spiro atoms. The van der Waals surface area contributed by atoms with E-state index < -0.39 is 0 Å².